The Balaban J connectivity index is 1.54. The van der Waals surface area contributed by atoms with Gasteiger partial charge in [-0.1, -0.05) is 79.2 Å². The standard InChI is InChI=1S/C30H34N2O2S/c1-29(2)19-23(14-17-34-29)32-27(33)25-26(31-28(32)35-20-21-10-4-3-5-11-21)24-13-7-6-12-22(24)18-30(25)15-8-9-16-30/h3-7,10-13,23H,8-9,14-20H2,1-2H3/t23-/m1/s1. The van der Waals surface area contributed by atoms with Gasteiger partial charge in [0.2, 0.25) is 0 Å². The Kier molecular flexibility index (Phi) is 5.89. The van der Waals surface area contributed by atoms with Crippen LogP contribution in [0.25, 0.3) is 11.3 Å². The predicted molar refractivity (Wildman–Crippen MR) is 142 cm³/mol. The molecule has 0 N–H and O–H groups in total. The number of aromatic nitrogens is 2. The van der Waals surface area contributed by atoms with Crippen molar-refractivity contribution in [2.24, 2.45) is 0 Å². The van der Waals surface area contributed by atoms with E-state index in [-0.39, 0.29) is 22.6 Å². The second kappa shape index (κ2) is 8.94. The van der Waals surface area contributed by atoms with E-state index in [2.05, 4.69) is 66.9 Å². The molecule has 0 radical (unpaired) electrons. The van der Waals surface area contributed by atoms with Gasteiger partial charge in [0, 0.05) is 29.4 Å². The fourth-order valence-corrected chi connectivity index (χ4v) is 7.61. The van der Waals surface area contributed by atoms with Gasteiger partial charge in [0.05, 0.1) is 16.9 Å². The lowest BCUT2D eigenvalue weighted by molar-refractivity contribution is -0.0710. The predicted octanol–water partition coefficient (Wildman–Crippen LogP) is 6.70. The van der Waals surface area contributed by atoms with Crippen LogP contribution in [0, 0.1) is 0 Å². The molecule has 2 aromatic carbocycles. The third-order valence-electron chi connectivity index (χ3n) is 8.22. The molecule has 0 bridgehead atoms. The molecule has 1 saturated heterocycles. The van der Waals surface area contributed by atoms with Crippen LogP contribution < -0.4 is 5.56 Å². The smallest absolute Gasteiger partial charge is 0.258 e. The highest BCUT2D eigenvalue weighted by Crippen LogP contribution is 2.50. The topological polar surface area (TPSA) is 44.1 Å². The number of hydrogen-bond donors (Lipinski definition) is 0. The summed E-state index contributed by atoms with van der Waals surface area (Å²) in [6.45, 7) is 4.96. The summed E-state index contributed by atoms with van der Waals surface area (Å²) < 4.78 is 8.11. The molecule has 0 unspecified atom stereocenters. The summed E-state index contributed by atoms with van der Waals surface area (Å²) in [5.41, 5.74) is 5.56. The number of fused-ring (bicyclic) bond motifs is 4. The number of ether oxygens (including phenoxy) is 1. The molecule has 182 valence electrons. The van der Waals surface area contributed by atoms with Gasteiger partial charge in [0.25, 0.3) is 5.56 Å². The van der Waals surface area contributed by atoms with Crippen molar-refractivity contribution in [3.8, 4) is 11.3 Å². The normalized spacial score (nSPS) is 22.1. The van der Waals surface area contributed by atoms with E-state index < -0.39 is 0 Å². The largest absolute Gasteiger partial charge is 0.375 e. The summed E-state index contributed by atoms with van der Waals surface area (Å²) in [7, 11) is 0. The zero-order valence-corrected chi connectivity index (χ0v) is 21.6. The molecule has 2 heterocycles. The molecule has 1 spiro atoms. The highest BCUT2D eigenvalue weighted by atomic mass is 32.2. The van der Waals surface area contributed by atoms with Gasteiger partial charge < -0.3 is 4.74 Å². The van der Waals surface area contributed by atoms with E-state index >= 15 is 0 Å². The Morgan fingerprint density at radius 1 is 1.06 bits per heavy atom. The van der Waals surface area contributed by atoms with Crippen molar-refractivity contribution in [3.63, 3.8) is 0 Å². The molecule has 3 aliphatic rings. The van der Waals surface area contributed by atoms with Crippen molar-refractivity contribution in [1.29, 1.82) is 0 Å². The van der Waals surface area contributed by atoms with Crippen LogP contribution in [0.4, 0.5) is 0 Å². The third-order valence-corrected chi connectivity index (χ3v) is 9.25. The van der Waals surface area contributed by atoms with Crippen molar-refractivity contribution in [1.82, 2.24) is 9.55 Å². The molecule has 2 fully saturated rings. The Bertz CT molecular complexity index is 1290. The van der Waals surface area contributed by atoms with Crippen LogP contribution in [0.3, 0.4) is 0 Å². The Morgan fingerprint density at radius 3 is 2.57 bits per heavy atom. The van der Waals surface area contributed by atoms with Gasteiger partial charge in [-0.3, -0.25) is 9.36 Å². The van der Waals surface area contributed by atoms with Crippen molar-refractivity contribution >= 4 is 11.8 Å². The average molecular weight is 487 g/mol. The minimum atomic E-state index is -0.239. The van der Waals surface area contributed by atoms with Crippen LogP contribution >= 0.6 is 11.8 Å². The summed E-state index contributed by atoms with van der Waals surface area (Å²) in [6.07, 6.45) is 7.19. The number of benzene rings is 2. The van der Waals surface area contributed by atoms with Crippen molar-refractivity contribution in [2.45, 2.75) is 86.8 Å². The fourth-order valence-electron chi connectivity index (χ4n) is 6.59. The zero-order chi connectivity index (χ0) is 24.0. The van der Waals surface area contributed by atoms with Crippen LogP contribution in [-0.4, -0.2) is 21.8 Å². The molecule has 35 heavy (non-hydrogen) atoms. The second-order valence-electron chi connectivity index (χ2n) is 11.1. The Morgan fingerprint density at radius 2 is 1.80 bits per heavy atom. The molecule has 4 nitrogen and oxygen atoms in total. The molecule has 1 aromatic heterocycles. The Labute approximate surface area is 212 Å². The first kappa shape index (κ1) is 23.1. The Hall–Kier alpha value is -2.37. The van der Waals surface area contributed by atoms with E-state index in [1.54, 1.807) is 11.8 Å². The molecule has 1 saturated carbocycles. The summed E-state index contributed by atoms with van der Waals surface area (Å²) in [6, 6.07) is 19.2. The first-order chi connectivity index (χ1) is 17.0. The fraction of sp³-hybridized carbons (Fsp3) is 0.467. The summed E-state index contributed by atoms with van der Waals surface area (Å²) in [4.78, 5) is 20.0. The monoisotopic (exact) mass is 486 g/mol. The lowest BCUT2D eigenvalue weighted by atomic mass is 9.68. The number of thioether (sulfide) groups is 1. The lowest BCUT2D eigenvalue weighted by Gasteiger charge is -2.40. The molecular formula is C30H34N2O2S. The number of rotatable bonds is 4. The van der Waals surface area contributed by atoms with Crippen LogP contribution in [0.1, 0.15) is 75.1 Å². The highest BCUT2D eigenvalue weighted by Gasteiger charge is 2.45. The van der Waals surface area contributed by atoms with E-state index in [4.69, 9.17) is 9.72 Å². The maximum atomic E-state index is 14.6. The summed E-state index contributed by atoms with van der Waals surface area (Å²) in [5.74, 6) is 0.797. The minimum absolute atomic E-state index is 0.0706. The van der Waals surface area contributed by atoms with Gasteiger partial charge in [0.1, 0.15) is 0 Å². The van der Waals surface area contributed by atoms with Gasteiger partial charge in [-0.2, -0.15) is 0 Å². The van der Waals surface area contributed by atoms with E-state index in [1.165, 1.54) is 24.0 Å². The quantitative estimate of drug-likeness (QED) is 0.304. The molecular weight excluding hydrogens is 452 g/mol. The van der Waals surface area contributed by atoms with Gasteiger partial charge in [-0.05, 0) is 57.1 Å². The van der Waals surface area contributed by atoms with Gasteiger partial charge >= 0.3 is 0 Å². The molecule has 6 rings (SSSR count). The van der Waals surface area contributed by atoms with Crippen LogP contribution in [0.5, 0.6) is 0 Å². The summed E-state index contributed by atoms with van der Waals surface area (Å²) in [5, 5.41) is 0.852. The van der Waals surface area contributed by atoms with Gasteiger partial charge in [-0.25, -0.2) is 4.98 Å². The van der Waals surface area contributed by atoms with Crippen LogP contribution in [0.15, 0.2) is 64.5 Å². The molecule has 1 aliphatic heterocycles. The molecule has 2 aliphatic carbocycles. The van der Waals surface area contributed by atoms with E-state index in [1.807, 2.05) is 6.07 Å². The molecule has 0 amide bonds. The zero-order valence-electron chi connectivity index (χ0n) is 20.8. The van der Waals surface area contributed by atoms with E-state index in [0.29, 0.717) is 6.61 Å². The first-order valence-corrected chi connectivity index (χ1v) is 14.0. The lowest BCUT2D eigenvalue weighted by Crippen LogP contribution is -2.44. The van der Waals surface area contributed by atoms with Gasteiger partial charge in [0.15, 0.2) is 5.16 Å². The maximum absolute atomic E-state index is 14.6. The molecule has 1 atom stereocenters. The summed E-state index contributed by atoms with van der Waals surface area (Å²) >= 11 is 1.70. The van der Waals surface area contributed by atoms with Crippen LogP contribution in [-0.2, 0) is 22.3 Å². The molecule has 5 heteroatoms. The van der Waals surface area contributed by atoms with Crippen molar-refractivity contribution < 1.29 is 4.74 Å². The van der Waals surface area contributed by atoms with Crippen molar-refractivity contribution in [2.75, 3.05) is 6.61 Å². The highest BCUT2D eigenvalue weighted by molar-refractivity contribution is 7.98. The molecule has 3 aromatic rings. The van der Waals surface area contributed by atoms with E-state index in [0.717, 1.165) is 59.8 Å². The van der Waals surface area contributed by atoms with Crippen LogP contribution in [0.2, 0.25) is 0 Å². The van der Waals surface area contributed by atoms with E-state index in [9.17, 15) is 4.79 Å². The van der Waals surface area contributed by atoms with Gasteiger partial charge in [-0.15, -0.1) is 0 Å². The average Bonchev–Trinajstić information content (AvgIpc) is 3.31. The van der Waals surface area contributed by atoms with Crippen molar-refractivity contribution in [3.05, 3.63) is 81.6 Å². The maximum Gasteiger partial charge on any atom is 0.258 e. The number of hydrogen-bond acceptors (Lipinski definition) is 4. The first-order valence-electron chi connectivity index (χ1n) is 13.0. The SMILES string of the molecule is CC1(C)C[C@H](n2c(SCc3ccccc3)nc3c(c2=O)C2(CCCC2)Cc2ccccc2-3)CCO1. The second-order valence-corrected chi connectivity index (χ2v) is 12.1. The number of nitrogens with zero attached hydrogens (tertiary/aromatic N) is 2. The minimum Gasteiger partial charge on any atom is -0.375 e. The third kappa shape index (κ3) is 4.17.